The van der Waals surface area contributed by atoms with Crippen LogP contribution in [0.5, 0.6) is 11.5 Å². The quantitative estimate of drug-likeness (QED) is 0.800. The number of benzene rings is 1. The van der Waals surface area contributed by atoms with E-state index in [9.17, 15) is 8.42 Å². The number of hydrogen-bond donors (Lipinski definition) is 0. The summed E-state index contributed by atoms with van der Waals surface area (Å²) in [4.78, 5) is 2.53. The van der Waals surface area contributed by atoms with Crippen LogP contribution < -0.4 is 9.47 Å². The maximum Gasteiger partial charge on any atom is 0.243 e. The van der Waals surface area contributed by atoms with Crippen LogP contribution in [0.2, 0.25) is 0 Å². The second-order valence-corrected chi connectivity index (χ2v) is 8.54. The molecule has 132 valence electrons. The van der Waals surface area contributed by atoms with Crippen LogP contribution in [0.1, 0.15) is 12.8 Å². The number of hydrogen-bond acceptors (Lipinski definition) is 6. The molecule has 0 unspecified atom stereocenters. The van der Waals surface area contributed by atoms with E-state index < -0.39 is 10.0 Å². The molecule has 1 aromatic carbocycles. The minimum Gasteiger partial charge on any atom is -0.454 e. The molecule has 0 aromatic heterocycles. The van der Waals surface area contributed by atoms with Gasteiger partial charge in [-0.3, -0.25) is 0 Å². The third-order valence-corrected chi connectivity index (χ3v) is 6.67. The van der Waals surface area contributed by atoms with Crippen LogP contribution in [0.15, 0.2) is 23.1 Å². The van der Waals surface area contributed by atoms with Crippen molar-refractivity contribution in [3.05, 3.63) is 18.2 Å². The number of piperidine rings is 1. The van der Waals surface area contributed by atoms with Crippen LogP contribution in [0.4, 0.5) is 0 Å². The van der Waals surface area contributed by atoms with E-state index in [1.54, 1.807) is 12.1 Å². The Morgan fingerprint density at radius 2 is 1.79 bits per heavy atom. The van der Waals surface area contributed by atoms with E-state index in [0.29, 0.717) is 24.6 Å². The average molecular weight is 354 g/mol. The standard InChI is InChI=1S/C16H22N2O5S/c1-17-6-4-12(5-7-17)23-13-9-18(10-13)24(19,20)14-2-3-15-16(8-14)22-11-21-15/h2-3,8,12-13H,4-7,9-11H2,1H3. The summed E-state index contributed by atoms with van der Waals surface area (Å²) < 4.78 is 43.3. The average Bonchev–Trinajstić information content (AvgIpc) is 2.99. The summed E-state index contributed by atoms with van der Waals surface area (Å²) in [6.45, 7) is 3.05. The van der Waals surface area contributed by atoms with Gasteiger partial charge in [-0.25, -0.2) is 8.42 Å². The summed E-state index contributed by atoms with van der Waals surface area (Å²) in [6.07, 6.45) is 2.29. The van der Waals surface area contributed by atoms with Crippen molar-refractivity contribution in [2.75, 3.05) is 40.0 Å². The highest BCUT2D eigenvalue weighted by Crippen LogP contribution is 2.35. The molecule has 0 bridgehead atoms. The molecule has 8 heteroatoms. The number of rotatable bonds is 4. The summed E-state index contributed by atoms with van der Waals surface area (Å²) in [7, 11) is -1.39. The van der Waals surface area contributed by atoms with Crippen molar-refractivity contribution in [3.8, 4) is 11.5 Å². The molecular weight excluding hydrogens is 332 g/mol. The van der Waals surface area contributed by atoms with Gasteiger partial charge >= 0.3 is 0 Å². The van der Waals surface area contributed by atoms with E-state index in [1.807, 2.05) is 0 Å². The van der Waals surface area contributed by atoms with Crippen molar-refractivity contribution in [3.63, 3.8) is 0 Å². The molecule has 3 heterocycles. The number of ether oxygens (including phenoxy) is 3. The molecule has 4 rings (SSSR count). The Morgan fingerprint density at radius 1 is 1.08 bits per heavy atom. The van der Waals surface area contributed by atoms with E-state index in [2.05, 4.69) is 11.9 Å². The molecule has 1 aromatic rings. The third-order valence-electron chi connectivity index (χ3n) is 4.85. The minimum absolute atomic E-state index is 0.00203. The van der Waals surface area contributed by atoms with Crippen LogP contribution >= 0.6 is 0 Å². The van der Waals surface area contributed by atoms with E-state index >= 15 is 0 Å². The van der Waals surface area contributed by atoms with Crippen molar-refractivity contribution in [2.45, 2.75) is 29.9 Å². The fraction of sp³-hybridized carbons (Fsp3) is 0.625. The smallest absolute Gasteiger partial charge is 0.243 e. The maximum absolute atomic E-state index is 12.7. The molecule has 0 N–H and O–H groups in total. The Labute approximate surface area is 142 Å². The highest BCUT2D eigenvalue weighted by atomic mass is 32.2. The van der Waals surface area contributed by atoms with E-state index in [0.717, 1.165) is 25.9 Å². The van der Waals surface area contributed by atoms with Crippen LogP contribution in [0.25, 0.3) is 0 Å². The first-order valence-corrected chi connectivity index (χ1v) is 9.70. The lowest BCUT2D eigenvalue weighted by atomic mass is 10.1. The molecule has 0 radical (unpaired) electrons. The summed E-state index contributed by atoms with van der Waals surface area (Å²) in [5.41, 5.74) is 0. The molecule has 0 amide bonds. The number of nitrogens with zero attached hydrogens (tertiary/aromatic N) is 2. The highest BCUT2D eigenvalue weighted by molar-refractivity contribution is 7.89. The zero-order valence-electron chi connectivity index (χ0n) is 13.7. The van der Waals surface area contributed by atoms with Crippen LogP contribution in [0, 0.1) is 0 Å². The largest absolute Gasteiger partial charge is 0.454 e. The normalized spacial score (nSPS) is 23.4. The first-order chi connectivity index (χ1) is 11.5. The van der Waals surface area contributed by atoms with Gasteiger partial charge in [-0.1, -0.05) is 0 Å². The minimum atomic E-state index is -3.50. The summed E-state index contributed by atoms with van der Waals surface area (Å²) in [5.74, 6) is 1.07. The van der Waals surface area contributed by atoms with Gasteiger partial charge in [0.15, 0.2) is 11.5 Å². The predicted molar refractivity (Wildman–Crippen MR) is 86.7 cm³/mol. The number of fused-ring (bicyclic) bond motifs is 1. The Morgan fingerprint density at radius 3 is 2.54 bits per heavy atom. The van der Waals surface area contributed by atoms with Crippen molar-refractivity contribution in [1.29, 1.82) is 0 Å². The van der Waals surface area contributed by atoms with Gasteiger partial charge in [-0.2, -0.15) is 4.31 Å². The SMILES string of the molecule is CN1CCC(OC2CN(S(=O)(=O)c3ccc4c(c3)OCO4)C2)CC1. The van der Waals surface area contributed by atoms with Gasteiger partial charge in [-0.05, 0) is 32.0 Å². The lowest BCUT2D eigenvalue weighted by Gasteiger charge is -2.41. The topological polar surface area (TPSA) is 68.3 Å². The fourth-order valence-electron chi connectivity index (χ4n) is 3.26. The zero-order valence-corrected chi connectivity index (χ0v) is 14.5. The Kier molecular flexibility index (Phi) is 4.16. The van der Waals surface area contributed by atoms with E-state index in [-0.39, 0.29) is 23.9 Å². The van der Waals surface area contributed by atoms with Gasteiger partial charge in [0, 0.05) is 32.2 Å². The molecule has 0 atom stereocenters. The van der Waals surface area contributed by atoms with Gasteiger partial charge in [0.2, 0.25) is 16.8 Å². The Balaban J connectivity index is 1.35. The van der Waals surface area contributed by atoms with Crippen LogP contribution in [-0.4, -0.2) is 69.9 Å². The fourth-order valence-corrected chi connectivity index (χ4v) is 4.78. The first kappa shape index (κ1) is 16.1. The third kappa shape index (κ3) is 2.99. The van der Waals surface area contributed by atoms with Crippen molar-refractivity contribution in [1.82, 2.24) is 9.21 Å². The molecule has 7 nitrogen and oxygen atoms in total. The monoisotopic (exact) mass is 354 g/mol. The molecule has 2 fully saturated rings. The Bertz CT molecular complexity index is 709. The van der Waals surface area contributed by atoms with Gasteiger partial charge in [0.25, 0.3) is 0 Å². The van der Waals surface area contributed by atoms with Gasteiger partial charge < -0.3 is 19.1 Å². The summed E-state index contributed by atoms with van der Waals surface area (Å²) in [5, 5.41) is 0. The molecule has 24 heavy (non-hydrogen) atoms. The number of likely N-dealkylation sites (tertiary alicyclic amines) is 1. The molecule has 0 spiro atoms. The van der Waals surface area contributed by atoms with Crippen molar-refractivity contribution >= 4 is 10.0 Å². The summed E-state index contributed by atoms with van der Waals surface area (Å²) >= 11 is 0. The number of sulfonamides is 1. The summed E-state index contributed by atoms with van der Waals surface area (Å²) in [6, 6.07) is 4.73. The van der Waals surface area contributed by atoms with E-state index in [4.69, 9.17) is 14.2 Å². The second-order valence-electron chi connectivity index (χ2n) is 6.60. The maximum atomic E-state index is 12.7. The van der Waals surface area contributed by atoms with Gasteiger partial charge in [0.1, 0.15) is 0 Å². The molecule has 0 saturated carbocycles. The second kappa shape index (κ2) is 6.18. The lowest BCUT2D eigenvalue weighted by molar-refractivity contribution is -0.0836. The molecular formula is C16H22N2O5S. The van der Waals surface area contributed by atoms with Crippen molar-refractivity contribution < 1.29 is 22.6 Å². The van der Waals surface area contributed by atoms with E-state index in [1.165, 1.54) is 10.4 Å². The van der Waals surface area contributed by atoms with Crippen molar-refractivity contribution in [2.24, 2.45) is 0 Å². The molecule has 0 aliphatic carbocycles. The van der Waals surface area contributed by atoms with Crippen LogP contribution in [0.3, 0.4) is 0 Å². The molecule has 2 saturated heterocycles. The first-order valence-electron chi connectivity index (χ1n) is 8.26. The Hall–Kier alpha value is -1.35. The zero-order chi connectivity index (χ0) is 16.7. The molecule has 3 aliphatic heterocycles. The molecule has 3 aliphatic rings. The predicted octanol–water partition coefficient (Wildman–Crippen LogP) is 0.899. The van der Waals surface area contributed by atoms with Gasteiger partial charge in [0.05, 0.1) is 17.1 Å². The van der Waals surface area contributed by atoms with Gasteiger partial charge in [-0.15, -0.1) is 0 Å². The van der Waals surface area contributed by atoms with Crippen LogP contribution in [-0.2, 0) is 14.8 Å². The lowest BCUT2D eigenvalue weighted by Crippen LogP contribution is -2.56. The highest BCUT2D eigenvalue weighted by Gasteiger charge is 2.39.